The minimum absolute atomic E-state index is 0.436. The second-order valence-corrected chi connectivity index (χ2v) is 3.56. The Kier molecular flexibility index (Phi) is 2.96. The lowest BCUT2D eigenvalue weighted by molar-refractivity contribution is 0.109. The fourth-order valence-corrected chi connectivity index (χ4v) is 1.63. The monoisotopic (exact) mass is 213 g/mol. The standard InChI is InChI=1S/C13H11NO2/c15-9-12-7-14(8-13(12)10-16)6-11-4-2-1-3-5-11/h1-5,7-10H,6H2. The molecule has 3 nitrogen and oxygen atoms in total. The van der Waals surface area contributed by atoms with Gasteiger partial charge in [-0.3, -0.25) is 9.59 Å². The molecule has 0 saturated heterocycles. The summed E-state index contributed by atoms with van der Waals surface area (Å²) in [5, 5.41) is 0. The molecule has 0 radical (unpaired) electrons. The molecule has 1 aromatic heterocycles. The highest BCUT2D eigenvalue weighted by molar-refractivity contribution is 5.90. The third-order valence-electron chi connectivity index (χ3n) is 2.41. The summed E-state index contributed by atoms with van der Waals surface area (Å²) in [6, 6.07) is 9.87. The van der Waals surface area contributed by atoms with Crippen LogP contribution in [0.3, 0.4) is 0 Å². The van der Waals surface area contributed by atoms with Crippen molar-refractivity contribution in [3.63, 3.8) is 0 Å². The number of rotatable bonds is 4. The maximum atomic E-state index is 10.7. The third kappa shape index (κ3) is 2.08. The average molecular weight is 213 g/mol. The van der Waals surface area contributed by atoms with Crippen molar-refractivity contribution < 1.29 is 9.59 Å². The number of hydrogen-bond acceptors (Lipinski definition) is 2. The van der Waals surface area contributed by atoms with Gasteiger partial charge in [0.05, 0.1) is 0 Å². The molecule has 16 heavy (non-hydrogen) atoms. The number of aromatic nitrogens is 1. The summed E-state index contributed by atoms with van der Waals surface area (Å²) < 4.78 is 1.84. The van der Waals surface area contributed by atoms with Gasteiger partial charge in [-0.25, -0.2) is 0 Å². The topological polar surface area (TPSA) is 39.1 Å². The van der Waals surface area contributed by atoms with Crippen LogP contribution >= 0.6 is 0 Å². The molecule has 2 aromatic rings. The first kappa shape index (κ1) is 10.4. The van der Waals surface area contributed by atoms with Gasteiger partial charge in [0.2, 0.25) is 0 Å². The Morgan fingerprint density at radius 3 is 2.00 bits per heavy atom. The second-order valence-electron chi connectivity index (χ2n) is 3.56. The molecule has 0 fully saturated rings. The van der Waals surface area contributed by atoms with Gasteiger partial charge in [-0.1, -0.05) is 30.3 Å². The minimum Gasteiger partial charge on any atom is -0.348 e. The fourth-order valence-electron chi connectivity index (χ4n) is 1.63. The Morgan fingerprint density at radius 2 is 1.50 bits per heavy atom. The molecule has 0 N–H and O–H groups in total. The van der Waals surface area contributed by atoms with E-state index in [1.54, 1.807) is 12.4 Å². The van der Waals surface area contributed by atoms with Crippen molar-refractivity contribution >= 4 is 12.6 Å². The van der Waals surface area contributed by atoms with E-state index in [2.05, 4.69) is 0 Å². The summed E-state index contributed by atoms with van der Waals surface area (Å²) in [5.74, 6) is 0. The van der Waals surface area contributed by atoms with E-state index in [-0.39, 0.29) is 0 Å². The quantitative estimate of drug-likeness (QED) is 0.730. The molecule has 0 amide bonds. The third-order valence-corrected chi connectivity index (χ3v) is 2.41. The van der Waals surface area contributed by atoms with E-state index in [1.165, 1.54) is 0 Å². The van der Waals surface area contributed by atoms with Crippen LogP contribution in [0.1, 0.15) is 26.3 Å². The first-order valence-electron chi connectivity index (χ1n) is 4.97. The van der Waals surface area contributed by atoms with E-state index in [0.29, 0.717) is 30.2 Å². The van der Waals surface area contributed by atoms with Crippen molar-refractivity contribution in [1.82, 2.24) is 4.57 Å². The van der Waals surface area contributed by atoms with Gasteiger partial charge in [0.1, 0.15) is 0 Å². The van der Waals surface area contributed by atoms with E-state index in [1.807, 2.05) is 34.9 Å². The smallest absolute Gasteiger partial charge is 0.152 e. The molecule has 0 aliphatic carbocycles. The van der Waals surface area contributed by atoms with Crippen LogP contribution in [0.4, 0.5) is 0 Å². The highest BCUT2D eigenvalue weighted by atomic mass is 16.1. The molecule has 0 aliphatic heterocycles. The molecule has 1 heterocycles. The lowest BCUT2D eigenvalue weighted by atomic mass is 10.2. The highest BCUT2D eigenvalue weighted by Gasteiger charge is 2.04. The lowest BCUT2D eigenvalue weighted by Crippen LogP contribution is -1.95. The fraction of sp³-hybridized carbons (Fsp3) is 0.0769. The van der Waals surface area contributed by atoms with Crippen LogP contribution in [-0.2, 0) is 6.54 Å². The van der Waals surface area contributed by atoms with Crippen molar-refractivity contribution in [2.75, 3.05) is 0 Å². The van der Waals surface area contributed by atoms with Crippen LogP contribution in [0.15, 0.2) is 42.7 Å². The van der Waals surface area contributed by atoms with Gasteiger partial charge in [0.15, 0.2) is 12.6 Å². The molecule has 0 aliphatic rings. The van der Waals surface area contributed by atoms with Gasteiger partial charge in [-0.2, -0.15) is 0 Å². The summed E-state index contributed by atoms with van der Waals surface area (Å²) >= 11 is 0. The zero-order valence-electron chi connectivity index (χ0n) is 8.67. The van der Waals surface area contributed by atoms with Crippen LogP contribution in [0.5, 0.6) is 0 Å². The van der Waals surface area contributed by atoms with Gasteiger partial charge in [0.25, 0.3) is 0 Å². The number of hydrogen-bond donors (Lipinski definition) is 0. The van der Waals surface area contributed by atoms with E-state index in [0.717, 1.165) is 5.56 Å². The van der Waals surface area contributed by atoms with Crippen LogP contribution < -0.4 is 0 Å². The number of aldehydes is 2. The molecular formula is C13H11NO2. The van der Waals surface area contributed by atoms with E-state index in [4.69, 9.17) is 0 Å². The molecule has 0 saturated carbocycles. The van der Waals surface area contributed by atoms with Gasteiger partial charge in [-0.15, -0.1) is 0 Å². The van der Waals surface area contributed by atoms with E-state index < -0.39 is 0 Å². The Hall–Kier alpha value is -2.16. The van der Waals surface area contributed by atoms with Crippen molar-refractivity contribution in [2.45, 2.75) is 6.54 Å². The highest BCUT2D eigenvalue weighted by Crippen LogP contribution is 2.09. The molecule has 2 rings (SSSR count). The summed E-state index contributed by atoms with van der Waals surface area (Å²) in [5.41, 5.74) is 2.00. The first-order chi connectivity index (χ1) is 7.83. The van der Waals surface area contributed by atoms with Crippen LogP contribution in [0.25, 0.3) is 0 Å². The molecule has 0 bridgehead atoms. The number of carbonyl (C=O) groups excluding carboxylic acids is 2. The van der Waals surface area contributed by atoms with Crippen LogP contribution in [-0.4, -0.2) is 17.1 Å². The van der Waals surface area contributed by atoms with Crippen molar-refractivity contribution in [3.05, 3.63) is 59.4 Å². The molecule has 80 valence electrons. The van der Waals surface area contributed by atoms with Gasteiger partial charge >= 0.3 is 0 Å². The number of carbonyl (C=O) groups is 2. The van der Waals surface area contributed by atoms with Crippen LogP contribution in [0.2, 0.25) is 0 Å². The Balaban J connectivity index is 2.25. The second kappa shape index (κ2) is 4.57. The minimum atomic E-state index is 0.436. The zero-order valence-corrected chi connectivity index (χ0v) is 8.67. The van der Waals surface area contributed by atoms with Gasteiger partial charge in [0, 0.05) is 30.1 Å². The van der Waals surface area contributed by atoms with Crippen molar-refractivity contribution in [2.24, 2.45) is 0 Å². The number of benzene rings is 1. The predicted molar refractivity (Wildman–Crippen MR) is 60.8 cm³/mol. The largest absolute Gasteiger partial charge is 0.348 e. The predicted octanol–water partition coefficient (Wildman–Crippen LogP) is 2.16. The summed E-state index contributed by atoms with van der Waals surface area (Å²) in [4.78, 5) is 21.4. The molecule has 0 unspecified atom stereocenters. The molecule has 3 heteroatoms. The van der Waals surface area contributed by atoms with Crippen molar-refractivity contribution in [3.8, 4) is 0 Å². The Labute approximate surface area is 93.3 Å². The molecular weight excluding hydrogens is 202 g/mol. The Morgan fingerprint density at radius 1 is 0.938 bits per heavy atom. The molecule has 0 atom stereocenters. The SMILES string of the molecule is O=Cc1cn(Cc2ccccc2)cc1C=O. The zero-order chi connectivity index (χ0) is 11.4. The van der Waals surface area contributed by atoms with E-state index >= 15 is 0 Å². The summed E-state index contributed by atoms with van der Waals surface area (Å²) in [6.07, 6.45) is 4.77. The maximum Gasteiger partial charge on any atom is 0.152 e. The Bertz CT molecular complexity index is 474. The van der Waals surface area contributed by atoms with E-state index in [9.17, 15) is 9.59 Å². The summed E-state index contributed by atoms with van der Waals surface area (Å²) in [7, 11) is 0. The number of nitrogens with zero attached hydrogens (tertiary/aromatic N) is 1. The molecule has 0 spiro atoms. The maximum absolute atomic E-state index is 10.7. The molecule has 1 aromatic carbocycles. The lowest BCUT2D eigenvalue weighted by Gasteiger charge is -2.01. The normalized spacial score (nSPS) is 10.0. The summed E-state index contributed by atoms with van der Waals surface area (Å²) in [6.45, 7) is 0.662. The van der Waals surface area contributed by atoms with Crippen LogP contribution in [0, 0.1) is 0 Å². The van der Waals surface area contributed by atoms with Gasteiger partial charge < -0.3 is 4.57 Å². The first-order valence-corrected chi connectivity index (χ1v) is 4.97. The van der Waals surface area contributed by atoms with Gasteiger partial charge in [-0.05, 0) is 5.56 Å². The average Bonchev–Trinajstić information content (AvgIpc) is 2.72. The van der Waals surface area contributed by atoms with Crippen molar-refractivity contribution in [1.29, 1.82) is 0 Å².